The minimum Gasteiger partial charge on any atom is -0.456 e. The summed E-state index contributed by atoms with van der Waals surface area (Å²) in [6, 6.07) is 58.5. The lowest BCUT2D eigenvalue weighted by atomic mass is 9.37. The van der Waals surface area contributed by atoms with Crippen LogP contribution in [-0.4, -0.2) is 6.71 Å². The third-order valence-corrected chi connectivity index (χ3v) is 14.1. The monoisotopic (exact) mass is 707 g/mol. The van der Waals surface area contributed by atoms with E-state index in [1.807, 2.05) is 22.7 Å². The van der Waals surface area contributed by atoms with Crippen molar-refractivity contribution in [1.29, 1.82) is 0 Å². The molecule has 0 unspecified atom stereocenters. The smallest absolute Gasteiger partial charge is 0.248 e. The van der Waals surface area contributed by atoms with E-state index >= 15 is 0 Å². The highest BCUT2D eigenvalue weighted by molar-refractivity contribution is 7.27. The number of benzene rings is 8. The van der Waals surface area contributed by atoms with E-state index in [4.69, 9.17) is 4.42 Å². The Kier molecular flexibility index (Phi) is 5.51. The Labute approximate surface area is 312 Å². The van der Waals surface area contributed by atoms with E-state index in [-0.39, 0.29) is 6.71 Å². The van der Waals surface area contributed by atoms with Crippen LogP contribution >= 0.6 is 22.7 Å². The molecular formula is C48H26BNOS2. The molecule has 8 aromatic carbocycles. The highest BCUT2D eigenvalue weighted by Gasteiger charge is 2.44. The topological polar surface area (TPSA) is 16.4 Å². The molecule has 0 amide bonds. The van der Waals surface area contributed by atoms with Gasteiger partial charge >= 0.3 is 0 Å². The van der Waals surface area contributed by atoms with Crippen LogP contribution in [0.3, 0.4) is 0 Å². The number of thiophene rings is 2. The van der Waals surface area contributed by atoms with E-state index in [0.717, 1.165) is 16.6 Å². The van der Waals surface area contributed by atoms with Crippen molar-refractivity contribution in [3.05, 3.63) is 158 Å². The molecule has 2 aliphatic heterocycles. The van der Waals surface area contributed by atoms with Gasteiger partial charge in [-0.05, 0) is 75.6 Å². The van der Waals surface area contributed by atoms with Gasteiger partial charge in [0.15, 0.2) is 0 Å². The van der Waals surface area contributed by atoms with Gasteiger partial charge in [0.2, 0.25) is 6.71 Å². The molecule has 0 aliphatic carbocycles. The minimum absolute atomic E-state index is 0.137. The van der Waals surface area contributed by atoms with Crippen molar-refractivity contribution in [1.82, 2.24) is 0 Å². The summed E-state index contributed by atoms with van der Waals surface area (Å²) in [5.41, 5.74) is 14.8. The number of furan rings is 1. The summed E-state index contributed by atoms with van der Waals surface area (Å²) in [6.45, 7) is 0.137. The summed E-state index contributed by atoms with van der Waals surface area (Å²) in [6.07, 6.45) is 0. The van der Waals surface area contributed by atoms with Gasteiger partial charge in [0.25, 0.3) is 0 Å². The fraction of sp³-hybridized carbons (Fsp3) is 0. The van der Waals surface area contributed by atoms with E-state index in [9.17, 15) is 0 Å². The van der Waals surface area contributed by atoms with Crippen LogP contribution in [-0.2, 0) is 0 Å². The van der Waals surface area contributed by atoms with E-state index < -0.39 is 0 Å². The summed E-state index contributed by atoms with van der Waals surface area (Å²) in [4.78, 5) is 2.64. The average molecular weight is 708 g/mol. The molecule has 5 heteroatoms. The van der Waals surface area contributed by atoms with Gasteiger partial charge in [-0.15, -0.1) is 22.7 Å². The first-order valence-corrected chi connectivity index (χ1v) is 19.8. The lowest BCUT2D eigenvalue weighted by molar-refractivity contribution is 0.669. The average Bonchev–Trinajstić information content (AvgIpc) is 3.97. The van der Waals surface area contributed by atoms with Gasteiger partial charge in [-0.1, -0.05) is 121 Å². The first kappa shape index (κ1) is 28.5. The van der Waals surface area contributed by atoms with Crippen molar-refractivity contribution >= 4 is 125 Å². The SMILES string of the molecule is c1ccc2c(c1)B1c3ccc4c(sc5ccccc54)c3N(c3cccc4c3sc3ccccc34)c3cc(-c4cccc5oc6ccccc6c45)cc-2c31. The van der Waals surface area contributed by atoms with Crippen molar-refractivity contribution in [3.63, 3.8) is 0 Å². The Balaban J connectivity index is 1.21. The van der Waals surface area contributed by atoms with Crippen LogP contribution in [0.4, 0.5) is 17.1 Å². The molecule has 53 heavy (non-hydrogen) atoms. The highest BCUT2D eigenvalue weighted by atomic mass is 32.1. The summed E-state index contributed by atoms with van der Waals surface area (Å²) in [7, 11) is 0. The Morgan fingerprint density at radius 2 is 1.11 bits per heavy atom. The molecule has 0 radical (unpaired) electrons. The number of para-hydroxylation sites is 1. The molecule has 11 aromatic rings. The summed E-state index contributed by atoms with van der Waals surface area (Å²) < 4.78 is 11.7. The zero-order valence-electron chi connectivity index (χ0n) is 28.3. The third-order valence-electron chi connectivity index (χ3n) is 11.7. The predicted octanol–water partition coefficient (Wildman–Crippen LogP) is 12.3. The van der Waals surface area contributed by atoms with Crippen LogP contribution in [0, 0.1) is 0 Å². The summed E-state index contributed by atoms with van der Waals surface area (Å²) in [5.74, 6) is 0. The maximum Gasteiger partial charge on any atom is 0.248 e. The predicted molar refractivity (Wildman–Crippen MR) is 230 cm³/mol. The molecule has 13 rings (SSSR count). The van der Waals surface area contributed by atoms with Gasteiger partial charge in [0.05, 0.1) is 20.8 Å². The number of hydrogen-bond acceptors (Lipinski definition) is 4. The fourth-order valence-electron chi connectivity index (χ4n) is 9.52. The highest BCUT2D eigenvalue weighted by Crippen LogP contribution is 2.51. The molecule has 5 heterocycles. The van der Waals surface area contributed by atoms with Gasteiger partial charge in [-0.3, -0.25) is 0 Å². The largest absolute Gasteiger partial charge is 0.456 e. The van der Waals surface area contributed by atoms with Crippen LogP contribution in [0.2, 0.25) is 0 Å². The van der Waals surface area contributed by atoms with Gasteiger partial charge in [0, 0.05) is 47.4 Å². The van der Waals surface area contributed by atoms with Gasteiger partial charge in [-0.25, -0.2) is 0 Å². The Hall–Kier alpha value is -6.14. The molecule has 0 saturated carbocycles. The number of nitrogens with zero attached hydrogens (tertiary/aromatic N) is 1. The first-order valence-electron chi connectivity index (χ1n) is 18.1. The van der Waals surface area contributed by atoms with E-state index in [2.05, 4.69) is 163 Å². The number of fused-ring (bicyclic) bond motifs is 15. The standard InChI is InChI=1S/C48H26BNOS2/c1-5-17-36-29(11-1)35-25-27(28-15-10-20-41-44(28)34-14-2-6-19-40(34)51-41)26-39-45(35)49(36)37-24-23-33-31-13-4-8-22-43(31)53-48(33)46(37)50(39)38-18-9-16-32-30-12-3-7-21-42(30)52-47(32)38/h1-26H. The Bertz CT molecular complexity index is 3390. The molecule has 0 N–H and O–H groups in total. The maximum atomic E-state index is 6.43. The van der Waals surface area contributed by atoms with Crippen LogP contribution in [0.5, 0.6) is 0 Å². The first-order chi connectivity index (χ1) is 26.3. The molecule has 0 saturated heterocycles. The lowest BCUT2D eigenvalue weighted by Crippen LogP contribution is -2.54. The number of hydrogen-bond donors (Lipinski definition) is 0. The number of rotatable bonds is 2. The normalized spacial score (nSPS) is 13.2. The van der Waals surface area contributed by atoms with Crippen molar-refractivity contribution in [3.8, 4) is 22.3 Å². The molecule has 0 atom stereocenters. The van der Waals surface area contributed by atoms with Crippen LogP contribution in [0.1, 0.15) is 0 Å². The van der Waals surface area contributed by atoms with Crippen molar-refractivity contribution < 1.29 is 4.42 Å². The van der Waals surface area contributed by atoms with Crippen LogP contribution in [0.25, 0.3) is 84.5 Å². The molecule has 244 valence electrons. The Morgan fingerprint density at radius 3 is 1.98 bits per heavy atom. The summed E-state index contributed by atoms with van der Waals surface area (Å²) in [5, 5.41) is 7.57. The second kappa shape index (κ2) is 10.3. The quantitative estimate of drug-likeness (QED) is 0.166. The van der Waals surface area contributed by atoms with Crippen LogP contribution in [0.15, 0.2) is 162 Å². The second-order valence-corrected chi connectivity index (χ2v) is 16.4. The molecular weight excluding hydrogens is 681 g/mol. The fourth-order valence-corrected chi connectivity index (χ4v) is 12.0. The molecule has 2 nitrogen and oxygen atoms in total. The van der Waals surface area contributed by atoms with Crippen molar-refractivity contribution in [2.24, 2.45) is 0 Å². The molecule has 0 spiro atoms. The zero-order valence-corrected chi connectivity index (χ0v) is 29.9. The van der Waals surface area contributed by atoms with E-state index in [0.29, 0.717) is 0 Å². The molecule has 3 aromatic heterocycles. The van der Waals surface area contributed by atoms with Crippen molar-refractivity contribution in [2.75, 3.05) is 4.90 Å². The van der Waals surface area contributed by atoms with Crippen molar-refractivity contribution in [2.45, 2.75) is 0 Å². The Morgan fingerprint density at radius 1 is 0.453 bits per heavy atom. The van der Waals surface area contributed by atoms with Gasteiger partial charge < -0.3 is 9.32 Å². The zero-order chi connectivity index (χ0) is 34.4. The van der Waals surface area contributed by atoms with E-state index in [1.165, 1.54) is 101 Å². The third kappa shape index (κ3) is 3.68. The lowest BCUT2D eigenvalue weighted by Gasteiger charge is -2.37. The van der Waals surface area contributed by atoms with Gasteiger partial charge in [-0.2, -0.15) is 0 Å². The van der Waals surface area contributed by atoms with Gasteiger partial charge in [0.1, 0.15) is 11.2 Å². The van der Waals surface area contributed by atoms with Crippen LogP contribution < -0.4 is 21.3 Å². The maximum absolute atomic E-state index is 6.43. The second-order valence-electron chi connectivity index (χ2n) is 14.3. The minimum atomic E-state index is 0.137. The molecule has 0 fully saturated rings. The summed E-state index contributed by atoms with van der Waals surface area (Å²) >= 11 is 3.83. The molecule has 2 aliphatic rings. The number of anilines is 3. The van der Waals surface area contributed by atoms with E-state index in [1.54, 1.807) is 0 Å². The molecule has 0 bridgehead atoms.